The number of rotatable bonds is 3. The molecule has 3 nitrogen and oxygen atoms in total. The molecule has 2 fully saturated rings. The fourth-order valence-electron chi connectivity index (χ4n) is 3.03. The van der Waals surface area contributed by atoms with Crippen LogP contribution in [-0.2, 0) is 9.47 Å². The minimum atomic E-state index is -0.167. The smallest absolute Gasteiger partial charge is 0.170 e. The van der Waals surface area contributed by atoms with Gasteiger partial charge in [0.25, 0.3) is 0 Å². The number of ether oxygens (including phenoxy) is 2. The SMILES string of the molecule is C[C@@H]1C[C@H](c2ccc(F)cc2)CN1CC1OCCO1. The number of halogens is 1. The van der Waals surface area contributed by atoms with Crippen molar-refractivity contribution in [3.63, 3.8) is 0 Å². The van der Waals surface area contributed by atoms with Gasteiger partial charge >= 0.3 is 0 Å². The van der Waals surface area contributed by atoms with E-state index in [2.05, 4.69) is 11.8 Å². The molecule has 2 heterocycles. The first-order valence-electron chi connectivity index (χ1n) is 6.95. The third kappa shape index (κ3) is 2.96. The number of likely N-dealkylation sites (tertiary alicyclic amines) is 1. The van der Waals surface area contributed by atoms with E-state index in [4.69, 9.17) is 9.47 Å². The van der Waals surface area contributed by atoms with E-state index in [9.17, 15) is 4.39 Å². The van der Waals surface area contributed by atoms with E-state index in [1.54, 1.807) is 12.1 Å². The van der Waals surface area contributed by atoms with Crippen LogP contribution in [0.5, 0.6) is 0 Å². The molecule has 2 aliphatic heterocycles. The zero-order valence-electron chi connectivity index (χ0n) is 11.2. The van der Waals surface area contributed by atoms with Gasteiger partial charge in [-0.2, -0.15) is 0 Å². The predicted octanol–water partition coefficient (Wildman–Crippen LogP) is 2.38. The minimum absolute atomic E-state index is 0.0746. The molecule has 0 N–H and O–H groups in total. The molecule has 0 saturated carbocycles. The average Bonchev–Trinajstić information content (AvgIpc) is 3.02. The van der Waals surface area contributed by atoms with Gasteiger partial charge in [0.15, 0.2) is 6.29 Å². The summed E-state index contributed by atoms with van der Waals surface area (Å²) in [5.74, 6) is 0.316. The highest BCUT2D eigenvalue weighted by Crippen LogP contribution is 2.32. The van der Waals surface area contributed by atoms with Gasteiger partial charge in [0, 0.05) is 19.1 Å². The van der Waals surface area contributed by atoms with Crippen LogP contribution in [0.2, 0.25) is 0 Å². The van der Waals surface area contributed by atoms with E-state index >= 15 is 0 Å². The molecule has 3 rings (SSSR count). The first-order chi connectivity index (χ1) is 9.22. The summed E-state index contributed by atoms with van der Waals surface area (Å²) in [5.41, 5.74) is 1.23. The van der Waals surface area contributed by atoms with Gasteiger partial charge in [-0.25, -0.2) is 4.39 Å². The second-order valence-corrected chi connectivity index (χ2v) is 5.46. The highest BCUT2D eigenvalue weighted by atomic mass is 19.1. The molecule has 0 radical (unpaired) electrons. The number of benzene rings is 1. The van der Waals surface area contributed by atoms with Crippen LogP contribution in [0.3, 0.4) is 0 Å². The summed E-state index contributed by atoms with van der Waals surface area (Å²) in [5, 5.41) is 0. The Hall–Kier alpha value is -0.970. The van der Waals surface area contributed by atoms with Crippen LogP contribution in [0.4, 0.5) is 4.39 Å². The molecule has 0 aromatic heterocycles. The molecular weight excluding hydrogens is 245 g/mol. The first kappa shape index (κ1) is 13.0. The standard InChI is InChI=1S/C15H20FNO2/c1-11-8-13(12-2-4-14(16)5-3-12)9-17(11)10-15-18-6-7-19-15/h2-5,11,13,15H,6-10H2,1H3/t11-,13+/m1/s1. The predicted molar refractivity (Wildman–Crippen MR) is 70.5 cm³/mol. The van der Waals surface area contributed by atoms with Gasteiger partial charge in [-0.1, -0.05) is 12.1 Å². The van der Waals surface area contributed by atoms with Crippen molar-refractivity contribution < 1.29 is 13.9 Å². The molecular formula is C15H20FNO2. The van der Waals surface area contributed by atoms with Crippen LogP contribution >= 0.6 is 0 Å². The summed E-state index contributed by atoms with van der Waals surface area (Å²) in [6, 6.07) is 7.41. The third-order valence-corrected chi connectivity index (χ3v) is 4.12. The van der Waals surface area contributed by atoms with Gasteiger partial charge in [0.2, 0.25) is 0 Å². The van der Waals surface area contributed by atoms with Crippen molar-refractivity contribution >= 4 is 0 Å². The molecule has 19 heavy (non-hydrogen) atoms. The minimum Gasteiger partial charge on any atom is -0.349 e. The van der Waals surface area contributed by atoms with Gasteiger partial charge in [-0.3, -0.25) is 4.90 Å². The Morgan fingerprint density at radius 1 is 1.21 bits per heavy atom. The lowest BCUT2D eigenvalue weighted by molar-refractivity contribution is -0.0631. The van der Waals surface area contributed by atoms with Gasteiger partial charge in [0.1, 0.15) is 5.82 Å². The maximum Gasteiger partial charge on any atom is 0.170 e. The van der Waals surface area contributed by atoms with Gasteiger partial charge in [-0.15, -0.1) is 0 Å². The Kier molecular flexibility index (Phi) is 3.82. The summed E-state index contributed by atoms with van der Waals surface area (Å²) >= 11 is 0. The normalized spacial score (nSPS) is 29.2. The van der Waals surface area contributed by atoms with Crippen LogP contribution in [0, 0.1) is 5.82 Å². The molecule has 0 aliphatic carbocycles. The van der Waals surface area contributed by atoms with Gasteiger partial charge in [-0.05, 0) is 37.0 Å². The summed E-state index contributed by atoms with van der Waals surface area (Å²) in [6.45, 7) is 5.47. The van der Waals surface area contributed by atoms with E-state index in [0.29, 0.717) is 25.2 Å². The van der Waals surface area contributed by atoms with Gasteiger partial charge in [0.05, 0.1) is 13.2 Å². The van der Waals surface area contributed by atoms with Gasteiger partial charge < -0.3 is 9.47 Å². The molecule has 2 atom stereocenters. The molecule has 0 spiro atoms. The highest BCUT2D eigenvalue weighted by molar-refractivity contribution is 5.22. The Bertz CT molecular complexity index is 417. The highest BCUT2D eigenvalue weighted by Gasteiger charge is 2.32. The lowest BCUT2D eigenvalue weighted by Gasteiger charge is -2.23. The maximum absolute atomic E-state index is 13.0. The summed E-state index contributed by atoms with van der Waals surface area (Å²) in [6.07, 6.45) is 1.03. The Morgan fingerprint density at radius 2 is 1.89 bits per heavy atom. The van der Waals surface area contributed by atoms with Crippen LogP contribution < -0.4 is 0 Å². The van der Waals surface area contributed by atoms with Crippen molar-refractivity contribution in [1.82, 2.24) is 4.90 Å². The maximum atomic E-state index is 13.0. The summed E-state index contributed by atoms with van der Waals surface area (Å²) < 4.78 is 24.0. The Balaban J connectivity index is 1.62. The monoisotopic (exact) mass is 265 g/mol. The van der Waals surface area contributed by atoms with Crippen LogP contribution in [-0.4, -0.2) is 43.5 Å². The van der Waals surface area contributed by atoms with Crippen molar-refractivity contribution in [2.24, 2.45) is 0 Å². The van der Waals surface area contributed by atoms with E-state index < -0.39 is 0 Å². The zero-order valence-corrected chi connectivity index (χ0v) is 11.2. The van der Waals surface area contributed by atoms with E-state index in [1.807, 2.05) is 12.1 Å². The van der Waals surface area contributed by atoms with Crippen molar-refractivity contribution in [3.05, 3.63) is 35.6 Å². The van der Waals surface area contributed by atoms with E-state index in [0.717, 1.165) is 19.5 Å². The zero-order chi connectivity index (χ0) is 13.2. The molecule has 2 aliphatic rings. The largest absolute Gasteiger partial charge is 0.349 e. The fourth-order valence-corrected chi connectivity index (χ4v) is 3.03. The third-order valence-electron chi connectivity index (χ3n) is 4.12. The molecule has 0 amide bonds. The van der Waals surface area contributed by atoms with Crippen molar-refractivity contribution in [2.45, 2.75) is 31.6 Å². The van der Waals surface area contributed by atoms with Crippen LogP contribution in [0.1, 0.15) is 24.8 Å². The van der Waals surface area contributed by atoms with E-state index in [1.165, 1.54) is 5.56 Å². The molecule has 2 saturated heterocycles. The van der Waals surface area contributed by atoms with Crippen LogP contribution in [0.15, 0.2) is 24.3 Å². The number of nitrogens with zero attached hydrogens (tertiary/aromatic N) is 1. The van der Waals surface area contributed by atoms with Crippen LogP contribution in [0.25, 0.3) is 0 Å². The molecule has 1 aromatic rings. The quantitative estimate of drug-likeness (QED) is 0.837. The van der Waals surface area contributed by atoms with Crippen molar-refractivity contribution in [1.29, 1.82) is 0 Å². The molecule has 0 unspecified atom stereocenters. The van der Waals surface area contributed by atoms with Crippen molar-refractivity contribution in [3.8, 4) is 0 Å². The summed E-state index contributed by atoms with van der Waals surface area (Å²) in [7, 11) is 0. The first-order valence-corrected chi connectivity index (χ1v) is 6.95. The summed E-state index contributed by atoms with van der Waals surface area (Å²) in [4.78, 5) is 2.41. The Labute approximate surface area is 113 Å². The molecule has 4 heteroatoms. The second-order valence-electron chi connectivity index (χ2n) is 5.46. The number of hydrogen-bond acceptors (Lipinski definition) is 3. The lowest BCUT2D eigenvalue weighted by atomic mass is 9.97. The molecule has 0 bridgehead atoms. The average molecular weight is 265 g/mol. The fraction of sp³-hybridized carbons (Fsp3) is 0.600. The second kappa shape index (κ2) is 5.57. The van der Waals surface area contributed by atoms with E-state index in [-0.39, 0.29) is 12.1 Å². The number of hydrogen-bond donors (Lipinski definition) is 0. The van der Waals surface area contributed by atoms with Crippen molar-refractivity contribution in [2.75, 3.05) is 26.3 Å². The molecule has 104 valence electrons. The lowest BCUT2D eigenvalue weighted by Crippen LogP contribution is -2.35. The molecule has 1 aromatic carbocycles. The topological polar surface area (TPSA) is 21.7 Å². The Morgan fingerprint density at radius 3 is 2.58 bits per heavy atom.